The number of halogens is 1. The van der Waals surface area contributed by atoms with E-state index >= 15 is 0 Å². The monoisotopic (exact) mass is 420 g/mol. The molecular formula is C24H25FN4O2. The summed E-state index contributed by atoms with van der Waals surface area (Å²) in [5, 5.41) is 4.53. The van der Waals surface area contributed by atoms with Crippen LogP contribution in [-0.4, -0.2) is 38.2 Å². The largest absolute Gasteiger partial charge is 0.346 e. The Morgan fingerprint density at radius 3 is 2.45 bits per heavy atom. The third kappa shape index (κ3) is 3.58. The second-order valence-electron chi connectivity index (χ2n) is 8.64. The van der Waals surface area contributed by atoms with Gasteiger partial charge in [-0.3, -0.25) is 9.36 Å². The molecule has 0 radical (unpaired) electrons. The summed E-state index contributed by atoms with van der Waals surface area (Å²) in [6.07, 6.45) is 2.72. The molecular weight excluding hydrogens is 395 g/mol. The lowest BCUT2D eigenvalue weighted by Crippen LogP contribution is -2.32. The van der Waals surface area contributed by atoms with E-state index in [1.54, 1.807) is 23.7 Å². The molecule has 3 aromatic rings. The third-order valence-electron chi connectivity index (χ3n) is 6.37. The third-order valence-corrected chi connectivity index (χ3v) is 6.37. The highest BCUT2D eigenvalue weighted by Gasteiger charge is 2.38. The Bertz CT molecular complexity index is 1210. The summed E-state index contributed by atoms with van der Waals surface area (Å²) in [4.78, 5) is 27.3. The lowest BCUT2D eigenvalue weighted by molar-refractivity contribution is -0.131. The average molecular weight is 420 g/mol. The van der Waals surface area contributed by atoms with Crippen LogP contribution < -0.4 is 5.69 Å². The second kappa shape index (κ2) is 7.48. The van der Waals surface area contributed by atoms with Crippen LogP contribution >= 0.6 is 0 Å². The highest BCUT2D eigenvalue weighted by molar-refractivity contribution is 5.81. The molecule has 0 bridgehead atoms. The van der Waals surface area contributed by atoms with Gasteiger partial charge in [0.15, 0.2) is 5.82 Å². The number of rotatable bonds is 4. The highest BCUT2D eigenvalue weighted by atomic mass is 19.1. The predicted octanol–water partition coefficient (Wildman–Crippen LogP) is 3.55. The first-order valence-corrected chi connectivity index (χ1v) is 10.7. The lowest BCUT2D eigenvalue weighted by Gasteiger charge is -2.18. The van der Waals surface area contributed by atoms with Crippen LogP contribution in [0, 0.1) is 18.7 Å². The Kier molecular flexibility index (Phi) is 4.76. The van der Waals surface area contributed by atoms with Crippen molar-refractivity contribution in [2.75, 3.05) is 13.1 Å². The average Bonchev–Trinajstić information content (AvgIpc) is 3.43. The fourth-order valence-electron chi connectivity index (χ4n) is 4.47. The maximum absolute atomic E-state index is 13.3. The molecule has 5 rings (SSSR count). The second-order valence-corrected chi connectivity index (χ2v) is 8.64. The molecule has 1 unspecified atom stereocenters. The van der Waals surface area contributed by atoms with Gasteiger partial charge in [0.05, 0.1) is 6.04 Å². The standard InChI is InChI=1S/C24H25FN4O2/c1-15-13-18(16-5-8-19(25)9-6-16)7-10-21(15)22-26-27(2)24(31)29(22)20-11-12-28(14-20)23(30)17-3-4-17/h5-10,13,17,20H,3-4,11-12,14H2,1-2H3. The molecule has 1 aliphatic heterocycles. The van der Waals surface area contributed by atoms with Crippen molar-refractivity contribution < 1.29 is 9.18 Å². The Morgan fingerprint density at radius 1 is 1.06 bits per heavy atom. The van der Waals surface area contributed by atoms with Crippen molar-refractivity contribution in [2.45, 2.75) is 32.2 Å². The summed E-state index contributed by atoms with van der Waals surface area (Å²) in [5.74, 6) is 0.771. The fourth-order valence-corrected chi connectivity index (χ4v) is 4.47. The van der Waals surface area contributed by atoms with Crippen molar-refractivity contribution in [3.8, 4) is 22.5 Å². The molecule has 2 aliphatic rings. The molecule has 160 valence electrons. The molecule has 2 fully saturated rings. The number of amides is 1. The quantitative estimate of drug-likeness (QED) is 0.649. The van der Waals surface area contributed by atoms with Crippen LogP contribution in [0.1, 0.15) is 30.9 Å². The topological polar surface area (TPSA) is 60.1 Å². The van der Waals surface area contributed by atoms with Crippen LogP contribution in [0.15, 0.2) is 47.3 Å². The molecule has 0 N–H and O–H groups in total. The molecule has 1 atom stereocenters. The van der Waals surface area contributed by atoms with Crippen molar-refractivity contribution in [2.24, 2.45) is 13.0 Å². The zero-order valence-corrected chi connectivity index (χ0v) is 17.7. The minimum atomic E-state index is -0.264. The number of carbonyl (C=O) groups is 1. The van der Waals surface area contributed by atoms with Crippen molar-refractivity contribution in [1.29, 1.82) is 0 Å². The molecule has 31 heavy (non-hydrogen) atoms. The van der Waals surface area contributed by atoms with Gasteiger partial charge in [-0.1, -0.05) is 30.3 Å². The van der Waals surface area contributed by atoms with Gasteiger partial charge in [-0.25, -0.2) is 13.9 Å². The van der Waals surface area contributed by atoms with Crippen LogP contribution in [-0.2, 0) is 11.8 Å². The molecule has 0 spiro atoms. The normalized spacial score (nSPS) is 18.5. The van der Waals surface area contributed by atoms with Crippen LogP contribution in [0.3, 0.4) is 0 Å². The Hall–Kier alpha value is -3.22. The molecule has 7 heteroatoms. The minimum absolute atomic E-state index is 0.0740. The predicted molar refractivity (Wildman–Crippen MR) is 116 cm³/mol. The van der Waals surface area contributed by atoms with E-state index in [1.807, 2.05) is 30.0 Å². The zero-order chi connectivity index (χ0) is 21.7. The molecule has 1 aromatic heterocycles. The number of carbonyl (C=O) groups excluding carboxylic acids is 1. The number of benzene rings is 2. The maximum Gasteiger partial charge on any atom is 0.346 e. The van der Waals surface area contributed by atoms with E-state index < -0.39 is 0 Å². The van der Waals surface area contributed by atoms with Gasteiger partial charge in [0.2, 0.25) is 5.91 Å². The first-order valence-electron chi connectivity index (χ1n) is 10.7. The first-order chi connectivity index (χ1) is 14.9. The smallest absolute Gasteiger partial charge is 0.340 e. The van der Waals surface area contributed by atoms with Gasteiger partial charge in [-0.15, -0.1) is 5.10 Å². The van der Waals surface area contributed by atoms with E-state index in [0.29, 0.717) is 18.9 Å². The van der Waals surface area contributed by atoms with E-state index in [2.05, 4.69) is 5.10 Å². The molecule has 1 amide bonds. The summed E-state index contributed by atoms with van der Waals surface area (Å²) >= 11 is 0. The molecule has 1 aliphatic carbocycles. The van der Waals surface area contributed by atoms with Gasteiger partial charge in [-0.05, 0) is 55.0 Å². The van der Waals surface area contributed by atoms with Crippen LogP contribution in [0.2, 0.25) is 0 Å². The SMILES string of the molecule is Cc1cc(-c2ccc(F)cc2)ccc1-c1nn(C)c(=O)n1C1CCN(C(=O)C2CC2)C1. The summed E-state index contributed by atoms with van der Waals surface area (Å²) in [6.45, 7) is 3.23. The van der Waals surface area contributed by atoms with Crippen LogP contribution in [0.25, 0.3) is 22.5 Å². The zero-order valence-electron chi connectivity index (χ0n) is 17.7. The molecule has 1 saturated carbocycles. The van der Waals surface area contributed by atoms with Crippen molar-refractivity contribution in [3.63, 3.8) is 0 Å². The lowest BCUT2D eigenvalue weighted by atomic mass is 9.99. The number of hydrogen-bond acceptors (Lipinski definition) is 3. The van der Waals surface area contributed by atoms with Crippen LogP contribution in [0.4, 0.5) is 4.39 Å². The van der Waals surface area contributed by atoms with Gasteiger partial charge in [0.1, 0.15) is 5.82 Å². The van der Waals surface area contributed by atoms with Crippen LogP contribution in [0.5, 0.6) is 0 Å². The number of likely N-dealkylation sites (tertiary alicyclic amines) is 1. The van der Waals surface area contributed by atoms with Crippen molar-refractivity contribution in [1.82, 2.24) is 19.2 Å². The molecule has 2 heterocycles. The summed E-state index contributed by atoms with van der Waals surface area (Å²) in [5.41, 5.74) is 3.61. The summed E-state index contributed by atoms with van der Waals surface area (Å²) < 4.78 is 16.4. The summed E-state index contributed by atoms with van der Waals surface area (Å²) in [6, 6.07) is 12.3. The Morgan fingerprint density at radius 2 is 1.77 bits per heavy atom. The number of aryl methyl sites for hydroxylation is 2. The minimum Gasteiger partial charge on any atom is -0.340 e. The van der Waals surface area contributed by atoms with Crippen molar-refractivity contribution >= 4 is 5.91 Å². The van der Waals surface area contributed by atoms with Gasteiger partial charge < -0.3 is 4.90 Å². The van der Waals surface area contributed by atoms with E-state index in [4.69, 9.17) is 0 Å². The van der Waals surface area contributed by atoms with E-state index in [-0.39, 0.29) is 29.4 Å². The molecule has 6 nitrogen and oxygen atoms in total. The Balaban J connectivity index is 1.48. The highest BCUT2D eigenvalue weighted by Crippen LogP contribution is 2.35. The molecule has 2 aromatic carbocycles. The fraction of sp³-hybridized carbons (Fsp3) is 0.375. The van der Waals surface area contributed by atoms with E-state index in [1.165, 1.54) is 16.8 Å². The Labute approximate surface area is 179 Å². The van der Waals surface area contributed by atoms with E-state index in [9.17, 15) is 14.0 Å². The van der Waals surface area contributed by atoms with Gasteiger partial charge in [0.25, 0.3) is 0 Å². The molecule has 1 saturated heterocycles. The van der Waals surface area contributed by atoms with Gasteiger partial charge >= 0.3 is 5.69 Å². The number of nitrogens with zero attached hydrogens (tertiary/aromatic N) is 4. The maximum atomic E-state index is 13.3. The van der Waals surface area contributed by atoms with Gasteiger partial charge in [0, 0.05) is 31.6 Å². The van der Waals surface area contributed by atoms with Gasteiger partial charge in [-0.2, -0.15) is 0 Å². The number of hydrogen-bond donors (Lipinski definition) is 0. The van der Waals surface area contributed by atoms with E-state index in [0.717, 1.165) is 41.5 Å². The van der Waals surface area contributed by atoms with Crippen molar-refractivity contribution in [3.05, 3.63) is 64.3 Å². The number of aromatic nitrogens is 3. The first kappa shape index (κ1) is 19.7. The summed E-state index contributed by atoms with van der Waals surface area (Å²) in [7, 11) is 1.66.